The molecule has 1 aliphatic rings. The predicted octanol–water partition coefficient (Wildman–Crippen LogP) is 0.819. The van der Waals surface area contributed by atoms with Crippen LogP contribution < -0.4 is 10.2 Å². The minimum absolute atomic E-state index is 0.0308. The number of carbonyl (C=O) groups excluding carboxylic acids is 2. The van der Waals surface area contributed by atoms with Crippen LogP contribution in [0.25, 0.3) is 0 Å². The van der Waals surface area contributed by atoms with Crippen molar-refractivity contribution in [1.82, 2.24) is 10.2 Å². The Morgan fingerprint density at radius 1 is 1.28 bits per heavy atom. The Kier molecular flexibility index (Phi) is 6.52. The van der Waals surface area contributed by atoms with Gasteiger partial charge in [0.25, 0.3) is 0 Å². The lowest BCUT2D eigenvalue weighted by atomic mass is 9.87. The second kappa shape index (κ2) is 8.23. The molecule has 1 aliphatic heterocycles. The largest absolute Gasteiger partial charge is 0.349 e. The van der Waals surface area contributed by atoms with E-state index < -0.39 is 0 Å². The summed E-state index contributed by atoms with van der Waals surface area (Å²) in [5.41, 5.74) is 2.45. The van der Waals surface area contributed by atoms with E-state index in [1.54, 1.807) is 16.7 Å². The van der Waals surface area contributed by atoms with Gasteiger partial charge in [-0.15, -0.1) is 11.8 Å². The summed E-state index contributed by atoms with van der Waals surface area (Å²) in [7, 11) is 4.09. The Bertz CT molecular complexity index is 608. The Labute approximate surface area is 155 Å². The van der Waals surface area contributed by atoms with Crippen LogP contribution in [0.1, 0.15) is 37.3 Å². The third-order valence-electron chi connectivity index (χ3n) is 4.29. The van der Waals surface area contributed by atoms with Gasteiger partial charge in [0.05, 0.1) is 32.9 Å². The molecule has 25 heavy (non-hydrogen) atoms. The normalized spacial score (nSPS) is 18.1. The fourth-order valence-electron chi connectivity index (χ4n) is 2.71. The van der Waals surface area contributed by atoms with Crippen molar-refractivity contribution in [2.24, 2.45) is 0 Å². The van der Waals surface area contributed by atoms with Crippen molar-refractivity contribution in [3.63, 3.8) is 0 Å². The number of carbonyl (C=O) groups is 2. The molecule has 0 spiro atoms. The summed E-state index contributed by atoms with van der Waals surface area (Å²) >= 11 is 1.59. The number of hydrogen-bond donors (Lipinski definition) is 2. The molecule has 0 unspecified atom stereocenters. The quantitative estimate of drug-likeness (QED) is 0.786. The highest BCUT2D eigenvalue weighted by atomic mass is 32.2. The van der Waals surface area contributed by atoms with Crippen LogP contribution in [0.5, 0.6) is 0 Å². The van der Waals surface area contributed by atoms with Crippen molar-refractivity contribution >= 4 is 23.6 Å². The number of thioether (sulfide) groups is 1. The van der Waals surface area contributed by atoms with Gasteiger partial charge in [0.1, 0.15) is 11.9 Å². The number of amides is 2. The highest BCUT2D eigenvalue weighted by Gasteiger charge is 2.34. The minimum Gasteiger partial charge on any atom is -0.349 e. The summed E-state index contributed by atoms with van der Waals surface area (Å²) < 4.78 is 0. The summed E-state index contributed by atoms with van der Waals surface area (Å²) in [4.78, 5) is 27.4. The van der Waals surface area contributed by atoms with Crippen molar-refractivity contribution in [3.8, 4) is 0 Å². The summed E-state index contributed by atoms with van der Waals surface area (Å²) in [5.74, 6) is 0.373. The molecule has 0 aliphatic carbocycles. The van der Waals surface area contributed by atoms with E-state index >= 15 is 0 Å². The second-order valence-electron chi connectivity index (χ2n) is 7.86. The number of benzene rings is 1. The summed E-state index contributed by atoms with van der Waals surface area (Å²) in [6.07, 6.45) is 0. The Balaban J connectivity index is 2.02. The van der Waals surface area contributed by atoms with E-state index in [1.807, 2.05) is 14.1 Å². The van der Waals surface area contributed by atoms with Crippen molar-refractivity contribution in [1.29, 1.82) is 0 Å². The van der Waals surface area contributed by atoms with Gasteiger partial charge in [-0.3, -0.25) is 9.59 Å². The summed E-state index contributed by atoms with van der Waals surface area (Å²) in [6.45, 7) is 8.17. The van der Waals surface area contributed by atoms with Crippen LogP contribution in [-0.4, -0.2) is 56.2 Å². The number of nitrogens with zero attached hydrogens (tertiary/aromatic N) is 1. The molecule has 1 atom stereocenters. The van der Waals surface area contributed by atoms with E-state index in [9.17, 15) is 9.59 Å². The molecule has 1 fully saturated rings. The van der Waals surface area contributed by atoms with Crippen molar-refractivity contribution in [3.05, 3.63) is 35.4 Å². The average Bonchev–Trinajstić information content (AvgIpc) is 2.87. The van der Waals surface area contributed by atoms with Crippen molar-refractivity contribution < 1.29 is 14.5 Å². The molecule has 6 heteroatoms. The molecule has 0 aromatic heterocycles. The van der Waals surface area contributed by atoms with Crippen LogP contribution in [-0.2, 0) is 15.0 Å². The maximum absolute atomic E-state index is 12.2. The second-order valence-corrected chi connectivity index (χ2v) is 8.93. The fourth-order valence-corrected chi connectivity index (χ4v) is 3.90. The summed E-state index contributed by atoms with van der Waals surface area (Å²) in [5, 5.41) is 2.82. The molecule has 0 saturated carbocycles. The van der Waals surface area contributed by atoms with Gasteiger partial charge in [0.15, 0.2) is 0 Å². The first kappa shape index (κ1) is 19.8. The lowest BCUT2D eigenvalue weighted by Crippen LogP contribution is -3.06. The molecular weight excluding hydrogens is 334 g/mol. The van der Waals surface area contributed by atoms with Crippen LogP contribution in [0.2, 0.25) is 0 Å². The third kappa shape index (κ3) is 5.47. The number of likely N-dealkylation sites (N-methyl/N-ethyl adjacent to an activating group) is 1. The Hall–Kier alpha value is -1.53. The lowest BCUT2D eigenvalue weighted by Gasteiger charge is -2.25. The smallest absolute Gasteiger partial charge is 0.239 e. The summed E-state index contributed by atoms with van der Waals surface area (Å²) in [6, 6.07) is 8.40. The highest BCUT2D eigenvalue weighted by Crippen LogP contribution is 2.38. The Morgan fingerprint density at radius 3 is 2.48 bits per heavy atom. The van der Waals surface area contributed by atoms with Gasteiger partial charge in [0.2, 0.25) is 11.8 Å². The first-order valence-corrected chi connectivity index (χ1v) is 9.80. The molecule has 5 nitrogen and oxygen atoms in total. The first-order valence-electron chi connectivity index (χ1n) is 8.75. The molecule has 0 bridgehead atoms. The average molecular weight is 365 g/mol. The molecular formula is C19H30N3O2S+. The van der Waals surface area contributed by atoms with Gasteiger partial charge in [-0.2, -0.15) is 0 Å². The van der Waals surface area contributed by atoms with E-state index in [1.165, 1.54) is 10.5 Å². The standard InChI is InChI=1S/C19H29N3O2S/c1-19(2,3)15-8-6-14(7-9-15)18-22(17(24)13-25-18)12-16(23)20-10-11-21(4)5/h6-9,18H,10-13H2,1-5H3,(H,20,23)/p+1/t18-/m0/s1. The maximum atomic E-state index is 12.2. The SMILES string of the molecule is C[NH+](C)CCNC(=O)CN1C(=O)CS[C@H]1c1ccc(C(C)(C)C)cc1. The molecule has 1 aromatic carbocycles. The van der Waals surface area contributed by atoms with E-state index in [0.717, 1.165) is 12.1 Å². The maximum Gasteiger partial charge on any atom is 0.239 e. The van der Waals surface area contributed by atoms with Crippen molar-refractivity contribution in [2.75, 3.05) is 39.5 Å². The zero-order chi connectivity index (χ0) is 18.6. The van der Waals surface area contributed by atoms with E-state index in [4.69, 9.17) is 0 Å². The minimum atomic E-state index is -0.0894. The van der Waals surface area contributed by atoms with E-state index in [-0.39, 0.29) is 29.1 Å². The fraction of sp³-hybridized carbons (Fsp3) is 0.579. The number of rotatable bonds is 6. The van der Waals surface area contributed by atoms with Gasteiger partial charge in [-0.05, 0) is 16.5 Å². The van der Waals surface area contributed by atoms with Crippen LogP contribution in [0.15, 0.2) is 24.3 Å². The van der Waals surface area contributed by atoms with Gasteiger partial charge < -0.3 is 15.1 Å². The van der Waals surface area contributed by atoms with E-state index in [0.29, 0.717) is 12.3 Å². The number of hydrogen-bond acceptors (Lipinski definition) is 3. The van der Waals surface area contributed by atoms with Crippen LogP contribution in [0.4, 0.5) is 0 Å². The third-order valence-corrected chi connectivity index (χ3v) is 5.55. The monoisotopic (exact) mass is 364 g/mol. The lowest BCUT2D eigenvalue weighted by molar-refractivity contribution is -0.856. The molecule has 2 rings (SSSR count). The van der Waals surface area contributed by atoms with Gasteiger partial charge >= 0.3 is 0 Å². The van der Waals surface area contributed by atoms with Gasteiger partial charge in [-0.1, -0.05) is 45.0 Å². The van der Waals surface area contributed by atoms with Crippen molar-refractivity contribution in [2.45, 2.75) is 31.6 Å². The molecule has 1 heterocycles. The molecule has 2 N–H and O–H groups in total. The molecule has 2 amide bonds. The zero-order valence-corrected chi connectivity index (χ0v) is 16.7. The number of nitrogens with one attached hydrogen (secondary N) is 2. The first-order chi connectivity index (χ1) is 11.7. The molecule has 0 radical (unpaired) electrons. The predicted molar refractivity (Wildman–Crippen MR) is 103 cm³/mol. The van der Waals surface area contributed by atoms with Crippen LogP contribution in [0, 0.1) is 0 Å². The zero-order valence-electron chi connectivity index (χ0n) is 15.9. The van der Waals surface area contributed by atoms with E-state index in [2.05, 4.69) is 50.4 Å². The highest BCUT2D eigenvalue weighted by molar-refractivity contribution is 8.00. The molecule has 1 aromatic rings. The topological polar surface area (TPSA) is 53.9 Å². The Morgan fingerprint density at radius 2 is 1.92 bits per heavy atom. The molecule has 1 saturated heterocycles. The van der Waals surface area contributed by atoms with Gasteiger partial charge in [0, 0.05) is 0 Å². The van der Waals surface area contributed by atoms with Crippen LogP contribution >= 0.6 is 11.8 Å². The molecule has 138 valence electrons. The van der Waals surface area contributed by atoms with Gasteiger partial charge in [-0.25, -0.2) is 0 Å². The number of quaternary nitrogens is 1. The van der Waals surface area contributed by atoms with Crippen LogP contribution in [0.3, 0.4) is 0 Å².